The van der Waals surface area contributed by atoms with Crippen molar-refractivity contribution in [3.63, 3.8) is 0 Å². The molecule has 0 radical (unpaired) electrons. The van der Waals surface area contributed by atoms with Gasteiger partial charge in [-0.3, -0.25) is 0 Å². The third kappa shape index (κ3) is 8.26. The lowest BCUT2D eigenvalue weighted by Gasteiger charge is -2.06. The molecule has 0 amide bonds. The number of alkyl halides is 3. The van der Waals surface area contributed by atoms with Gasteiger partial charge in [-0.05, 0) is 37.8 Å². The van der Waals surface area contributed by atoms with Gasteiger partial charge in [0.2, 0.25) is 0 Å². The Morgan fingerprint density at radius 3 is 2.31 bits per heavy atom. The van der Waals surface area contributed by atoms with Crippen LogP contribution in [0.3, 0.4) is 0 Å². The molecule has 0 unspecified atom stereocenters. The zero-order valence-corrected chi connectivity index (χ0v) is 9.28. The Bertz CT molecular complexity index is 271. The lowest BCUT2D eigenvalue weighted by molar-refractivity contribution is -0.135. The van der Waals surface area contributed by atoms with Crippen molar-refractivity contribution in [1.82, 2.24) is 0 Å². The molecule has 0 atom stereocenters. The minimum Gasteiger partial charge on any atom is -0.207 e. The predicted octanol–water partition coefficient (Wildman–Crippen LogP) is 5.09. The highest BCUT2D eigenvalue weighted by Crippen LogP contribution is 2.23. The van der Waals surface area contributed by atoms with E-state index in [-0.39, 0.29) is 6.42 Å². The van der Waals surface area contributed by atoms with Crippen LogP contribution in [0.25, 0.3) is 0 Å². The van der Waals surface area contributed by atoms with Crippen molar-refractivity contribution in [1.29, 1.82) is 0 Å². The first-order valence-electron chi connectivity index (χ1n) is 5.10. The maximum Gasteiger partial charge on any atom is 0.389 e. The van der Waals surface area contributed by atoms with E-state index in [0.29, 0.717) is 18.4 Å². The van der Waals surface area contributed by atoms with Crippen molar-refractivity contribution in [2.24, 2.45) is 0 Å². The fourth-order valence-electron chi connectivity index (χ4n) is 1.15. The third-order valence-corrected chi connectivity index (χ3v) is 2.04. The van der Waals surface area contributed by atoms with Crippen LogP contribution in [0.2, 0.25) is 0 Å². The molecule has 0 nitrogen and oxygen atoms in total. The molecule has 0 aromatic rings. The average molecular weight is 236 g/mol. The molecular formula is C12H16F4. The van der Waals surface area contributed by atoms with Crippen LogP contribution in [0.15, 0.2) is 36.2 Å². The van der Waals surface area contributed by atoms with Crippen molar-refractivity contribution in [3.05, 3.63) is 36.2 Å². The van der Waals surface area contributed by atoms with Crippen molar-refractivity contribution < 1.29 is 17.6 Å². The van der Waals surface area contributed by atoms with Crippen LogP contribution in [0.5, 0.6) is 0 Å². The molecule has 0 aliphatic carbocycles. The van der Waals surface area contributed by atoms with Gasteiger partial charge in [0, 0.05) is 6.42 Å². The largest absolute Gasteiger partial charge is 0.389 e. The van der Waals surface area contributed by atoms with E-state index in [9.17, 15) is 17.6 Å². The van der Waals surface area contributed by atoms with E-state index in [2.05, 4.69) is 6.58 Å². The lowest BCUT2D eigenvalue weighted by Crippen LogP contribution is -2.06. The van der Waals surface area contributed by atoms with Gasteiger partial charge >= 0.3 is 6.18 Å². The zero-order chi connectivity index (χ0) is 12.6. The summed E-state index contributed by atoms with van der Waals surface area (Å²) in [6.07, 6.45) is 0.0218. The Hall–Kier alpha value is -1.06. The predicted molar refractivity (Wildman–Crippen MR) is 57.7 cm³/mol. The van der Waals surface area contributed by atoms with Crippen LogP contribution in [-0.2, 0) is 0 Å². The topological polar surface area (TPSA) is 0 Å². The Balaban J connectivity index is 3.99. The van der Waals surface area contributed by atoms with E-state index in [0.717, 1.165) is 0 Å². The van der Waals surface area contributed by atoms with Gasteiger partial charge in [0.15, 0.2) is 0 Å². The van der Waals surface area contributed by atoms with E-state index in [4.69, 9.17) is 0 Å². The number of allylic oxidation sites excluding steroid dienone is 5. The van der Waals surface area contributed by atoms with Crippen LogP contribution >= 0.6 is 0 Å². The van der Waals surface area contributed by atoms with Crippen LogP contribution in [-0.4, -0.2) is 6.18 Å². The van der Waals surface area contributed by atoms with Crippen molar-refractivity contribution >= 4 is 0 Å². The van der Waals surface area contributed by atoms with Crippen LogP contribution in [0.1, 0.15) is 32.6 Å². The van der Waals surface area contributed by atoms with Crippen molar-refractivity contribution in [3.8, 4) is 0 Å². The summed E-state index contributed by atoms with van der Waals surface area (Å²) in [6.45, 7) is 5.04. The molecule has 0 saturated carbocycles. The minimum absolute atomic E-state index is 0.0616. The molecule has 4 heteroatoms. The third-order valence-electron chi connectivity index (χ3n) is 2.04. The van der Waals surface area contributed by atoms with E-state index in [1.807, 2.05) is 0 Å². The molecule has 0 aliphatic heterocycles. The number of hydrogen-bond acceptors (Lipinski definition) is 0. The van der Waals surface area contributed by atoms with Gasteiger partial charge in [-0.15, -0.1) is 0 Å². The summed E-state index contributed by atoms with van der Waals surface area (Å²) in [4.78, 5) is 0. The fourth-order valence-corrected chi connectivity index (χ4v) is 1.15. The first-order valence-corrected chi connectivity index (χ1v) is 5.10. The van der Waals surface area contributed by atoms with E-state index in [1.165, 1.54) is 18.2 Å². The highest BCUT2D eigenvalue weighted by atomic mass is 19.4. The Morgan fingerprint density at radius 1 is 1.25 bits per heavy atom. The molecule has 0 aliphatic rings. The molecule has 0 aromatic heterocycles. The normalized spacial score (nSPS) is 14.1. The van der Waals surface area contributed by atoms with Gasteiger partial charge in [-0.25, -0.2) is 4.39 Å². The summed E-state index contributed by atoms with van der Waals surface area (Å²) < 4.78 is 48.3. The van der Waals surface area contributed by atoms with E-state index >= 15 is 0 Å². The van der Waals surface area contributed by atoms with Crippen molar-refractivity contribution in [2.75, 3.05) is 0 Å². The molecule has 0 N–H and O–H groups in total. The van der Waals surface area contributed by atoms with Crippen molar-refractivity contribution in [2.45, 2.75) is 38.8 Å². The van der Waals surface area contributed by atoms with Gasteiger partial charge in [0.25, 0.3) is 0 Å². The SMILES string of the molecule is C=C/C(=C\C(F)=C/C)CCCCC(F)(F)F. The monoisotopic (exact) mass is 236 g/mol. The smallest absolute Gasteiger partial charge is 0.207 e. The minimum atomic E-state index is -4.10. The molecule has 0 fully saturated rings. The molecule has 16 heavy (non-hydrogen) atoms. The maximum atomic E-state index is 12.8. The van der Waals surface area contributed by atoms with Gasteiger partial charge in [-0.2, -0.15) is 13.2 Å². The molecular weight excluding hydrogens is 220 g/mol. The molecule has 0 spiro atoms. The molecule has 0 saturated heterocycles. The summed E-state index contributed by atoms with van der Waals surface area (Å²) >= 11 is 0. The summed E-state index contributed by atoms with van der Waals surface area (Å²) in [7, 11) is 0. The fraction of sp³-hybridized carbons (Fsp3) is 0.500. The second-order valence-corrected chi connectivity index (χ2v) is 3.42. The van der Waals surface area contributed by atoms with E-state index in [1.54, 1.807) is 6.92 Å². The number of halogens is 4. The summed E-state index contributed by atoms with van der Waals surface area (Å²) in [5, 5.41) is 0. The highest BCUT2D eigenvalue weighted by molar-refractivity contribution is 5.25. The van der Waals surface area contributed by atoms with E-state index < -0.39 is 18.4 Å². The van der Waals surface area contributed by atoms with Gasteiger partial charge < -0.3 is 0 Å². The Labute approximate surface area is 93.3 Å². The number of unbranched alkanes of at least 4 members (excludes halogenated alkanes) is 1. The molecule has 0 heterocycles. The molecule has 92 valence electrons. The number of hydrogen-bond donors (Lipinski definition) is 0. The second kappa shape index (κ2) is 7.25. The first-order chi connectivity index (χ1) is 7.39. The standard InChI is InChI=1S/C12H16F4/c1-3-10(9-11(13)4-2)7-5-6-8-12(14,15)16/h3-4,9H,1,5-8H2,2H3/b10-9+,11-4+. The van der Waals surface area contributed by atoms with Gasteiger partial charge in [0.05, 0.1) is 0 Å². The molecule has 0 rings (SSSR count). The highest BCUT2D eigenvalue weighted by Gasteiger charge is 2.25. The quantitative estimate of drug-likeness (QED) is 0.342. The maximum absolute atomic E-state index is 12.8. The summed E-state index contributed by atoms with van der Waals surface area (Å²) in [5.74, 6) is -0.397. The molecule has 0 aromatic carbocycles. The Kier molecular flexibility index (Phi) is 6.77. The number of rotatable bonds is 6. The van der Waals surface area contributed by atoms with Crippen LogP contribution in [0.4, 0.5) is 17.6 Å². The van der Waals surface area contributed by atoms with Crippen LogP contribution in [0, 0.1) is 0 Å². The Morgan fingerprint density at radius 2 is 1.88 bits per heavy atom. The zero-order valence-electron chi connectivity index (χ0n) is 9.28. The summed E-state index contributed by atoms with van der Waals surface area (Å²) in [6, 6.07) is 0. The lowest BCUT2D eigenvalue weighted by atomic mass is 10.1. The first kappa shape index (κ1) is 14.9. The average Bonchev–Trinajstić information content (AvgIpc) is 2.20. The summed E-state index contributed by atoms with van der Waals surface area (Å²) in [5.41, 5.74) is 0.623. The second-order valence-electron chi connectivity index (χ2n) is 3.42. The van der Waals surface area contributed by atoms with Gasteiger partial charge in [-0.1, -0.05) is 18.7 Å². The molecule has 0 bridgehead atoms. The van der Waals surface area contributed by atoms with Crippen LogP contribution < -0.4 is 0 Å². The van der Waals surface area contributed by atoms with Gasteiger partial charge in [0.1, 0.15) is 5.83 Å².